The fraction of sp³-hybridized carbons (Fsp3) is 0.500. The highest BCUT2D eigenvalue weighted by molar-refractivity contribution is 5.80. The summed E-state index contributed by atoms with van der Waals surface area (Å²) in [5.41, 5.74) is 8.47. The Morgan fingerprint density at radius 2 is 2.21 bits per heavy atom. The number of nitrogens with one attached hydrogen (secondary N) is 1. The molecule has 1 fully saturated rings. The van der Waals surface area contributed by atoms with Crippen LogP contribution in [0.1, 0.15) is 36.2 Å². The van der Waals surface area contributed by atoms with E-state index in [1.165, 1.54) is 0 Å². The van der Waals surface area contributed by atoms with Gasteiger partial charge in [-0.05, 0) is 50.3 Å². The molecule has 1 amide bonds. The molecular weight excluding hydrogens is 354 g/mol. The number of primary amides is 1. The number of guanidine groups is 1. The van der Waals surface area contributed by atoms with Crippen LogP contribution in [0, 0.1) is 19.8 Å². The van der Waals surface area contributed by atoms with E-state index in [1.807, 2.05) is 42.9 Å². The maximum Gasteiger partial charge on any atom is 0.217 e. The van der Waals surface area contributed by atoms with Crippen LogP contribution in [0.2, 0.25) is 0 Å². The van der Waals surface area contributed by atoms with Crippen LogP contribution in [-0.2, 0) is 11.3 Å². The Balaban J connectivity index is 1.59. The van der Waals surface area contributed by atoms with Crippen LogP contribution in [0.5, 0.6) is 0 Å². The van der Waals surface area contributed by atoms with Crippen LogP contribution in [0.15, 0.2) is 29.4 Å². The minimum Gasteiger partial charge on any atom is -0.370 e. The van der Waals surface area contributed by atoms with Crippen molar-refractivity contribution in [3.8, 4) is 5.82 Å². The van der Waals surface area contributed by atoms with Crippen molar-refractivity contribution in [3.63, 3.8) is 0 Å². The van der Waals surface area contributed by atoms with Gasteiger partial charge in [0.05, 0.1) is 5.69 Å². The van der Waals surface area contributed by atoms with Gasteiger partial charge in [0.25, 0.3) is 0 Å². The van der Waals surface area contributed by atoms with Crippen LogP contribution in [0.25, 0.3) is 5.82 Å². The molecule has 1 aliphatic rings. The summed E-state index contributed by atoms with van der Waals surface area (Å²) >= 11 is 0. The van der Waals surface area contributed by atoms with Crippen LogP contribution >= 0.6 is 0 Å². The van der Waals surface area contributed by atoms with E-state index < -0.39 is 0 Å². The number of carbonyl (C=O) groups excluding carboxylic acids is 1. The summed E-state index contributed by atoms with van der Waals surface area (Å²) in [6.45, 7) is 6.36. The zero-order chi connectivity index (χ0) is 20.1. The lowest BCUT2D eigenvalue weighted by Crippen LogP contribution is -2.46. The number of carbonyl (C=O) groups is 1. The van der Waals surface area contributed by atoms with Gasteiger partial charge in [-0.1, -0.05) is 6.07 Å². The average Bonchev–Trinajstić information content (AvgIpc) is 3.01. The van der Waals surface area contributed by atoms with Gasteiger partial charge in [-0.15, -0.1) is 0 Å². The van der Waals surface area contributed by atoms with Gasteiger partial charge in [0, 0.05) is 45.0 Å². The first-order chi connectivity index (χ1) is 13.5. The Labute approximate surface area is 165 Å². The van der Waals surface area contributed by atoms with Crippen molar-refractivity contribution in [2.45, 2.75) is 39.7 Å². The first-order valence-corrected chi connectivity index (χ1v) is 9.68. The van der Waals surface area contributed by atoms with Crippen LogP contribution in [0.3, 0.4) is 0 Å². The zero-order valence-electron chi connectivity index (χ0n) is 16.9. The molecule has 1 atom stereocenters. The molecule has 0 aliphatic carbocycles. The van der Waals surface area contributed by atoms with Gasteiger partial charge in [-0.3, -0.25) is 9.79 Å². The Kier molecular flexibility index (Phi) is 6.28. The molecule has 1 aliphatic heterocycles. The predicted molar refractivity (Wildman–Crippen MR) is 109 cm³/mol. The number of aromatic nitrogens is 3. The van der Waals surface area contributed by atoms with Gasteiger partial charge in [-0.2, -0.15) is 5.10 Å². The number of aliphatic imine (C=N–C) groups is 1. The van der Waals surface area contributed by atoms with E-state index in [9.17, 15) is 4.79 Å². The highest BCUT2D eigenvalue weighted by Gasteiger charge is 2.23. The van der Waals surface area contributed by atoms with E-state index >= 15 is 0 Å². The van der Waals surface area contributed by atoms with E-state index in [0.717, 1.165) is 54.7 Å². The molecule has 2 aromatic heterocycles. The molecule has 3 heterocycles. The summed E-state index contributed by atoms with van der Waals surface area (Å²) in [6, 6.07) is 6.05. The number of piperidine rings is 1. The van der Waals surface area contributed by atoms with Gasteiger partial charge < -0.3 is 16.0 Å². The summed E-state index contributed by atoms with van der Waals surface area (Å²) in [7, 11) is 1.78. The predicted octanol–water partition coefficient (Wildman–Crippen LogP) is 1.55. The Morgan fingerprint density at radius 1 is 1.39 bits per heavy atom. The first kappa shape index (κ1) is 19.9. The monoisotopic (exact) mass is 383 g/mol. The second-order valence-electron chi connectivity index (χ2n) is 7.39. The lowest BCUT2D eigenvalue weighted by atomic mass is 9.95. The summed E-state index contributed by atoms with van der Waals surface area (Å²) in [4.78, 5) is 22.4. The summed E-state index contributed by atoms with van der Waals surface area (Å²) in [5, 5.41) is 7.87. The van der Waals surface area contributed by atoms with E-state index in [2.05, 4.69) is 25.3 Å². The Morgan fingerprint density at radius 3 is 2.82 bits per heavy atom. The molecule has 8 heteroatoms. The van der Waals surface area contributed by atoms with Gasteiger partial charge in [0.15, 0.2) is 11.8 Å². The smallest absolute Gasteiger partial charge is 0.217 e. The Bertz CT molecular complexity index is 841. The van der Waals surface area contributed by atoms with Crippen molar-refractivity contribution >= 4 is 11.9 Å². The van der Waals surface area contributed by atoms with Gasteiger partial charge in [0.1, 0.15) is 0 Å². The molecule has 3 rings (SSSR count). The standard InChI is InChI=1S/C20H29N7O/c1-14-9-15(2)27(25-14)19-7-6-17(11-23-19)12-24-20(22-3)26-8-4-5-16(13-26)10-18(21)28/h6-7,9,11,16H,4-5,8,10,12-13H2,1-3H3,(H2,21,28)(H,22,24). The number of amides is 1. The summed E-state index contributed by atoms with van der Waals surface area (Å²) in [5.74, 6) is 1.72. The largest absolute Gasteiger partial charge is 0.370 e. The summed E-state index contributed by atoms with van der Waals surface area (Å²) in [6.07, 6.45) is 4.37. The lowest BCUT2D eigenvalue weighted by Gasteiger charge is -2.34. The molecule has 8 nitrogen and oxygen atoms in total. The molecule has 0 aromatic carbocycles. The normalized spacial score (nSPS) is 17.6. The highest BCUT2D eigenvalue weighted by Crippen LogP contribution is 2.19. The fourth-order valence-corrected chi connectivity index (χ4v) is 3.73. The second kappa shape index (κ2) is 8.86. The van der Waals surface area contributed by atoms with Crippen molar-refractivity contribution in [1.82, 2.24) is 25.0 Å². The van der Waals surface area contributed by atoms with Crippen LogP contribution < -0.4 is 11.1 Å². The number of hydrogen-bond donors (Lipinski definition) is 2. The quantitative estimate of drug-likeness (QED) is 0.602. The van der Waals surface area contributed by atoms with E-state index in [-0.39, 0.29) is 5.91 Å². The highest BCUT2D eigenvalue weighted by atomic mass is 16.1. The molecule has 1 saturated heterocycles. The third kappa shape index (κ3) is 4.88. The van der Waals surface area contributed by atoms with Crippen molar-refractivity contribution in [2.75, 3.05) is 20.1 Å². The SMILES string of the molecule is CN=C(NCc1ccc(-n2nc(C)cc2C)nc1)N1CCCC(CC(N)=O)C1. The molecule has 1 unspecified atom stereocenters. The first-order valence-electron chi connectivity index (χ1n) is 9.68. The molecule has 0 bridgehead atoms. The second-order valence-corrected chi connectivity index (χ2v) is 7.39. The zero-order valence-corrected chi connectivity index (χ0v) is 16.9. The van der Waals surface area contributed by atoms with Crippen LogP contribution in [0.4, 0.5) is 0 Å². The maximum atomic E-state index is 11.2. The number of likely N-dealkylation sites (tertiary alicyclic amines) is 1. The third-order valence-corrected chi connectivity index (χ3v) is 5.01. The minimum atomic E-state index is -0.233. The van der Waals surface area contributed by atoms with Crippen molar-refractivity contribution in [1.29, 1.82) is 0 Å². The van der Waals surface area contributed by atoms with Crippen molar-refractivity contribution in [2.24, 2.45) is 16.6 Å². The fourth-order valence-electron chi connectivity index (χ4n) is 3.73. The molecule has 2 aromatic rings. The molecule has 3 N–H and O–H groups in total. The van der Waals surface area contributed by atoms with Crippen molar-refractivity contribution in [3.05, 3.63) is 41.3 Å². The molecule has 0 saturated carbocycles. The summed E-state index contributed by atoms with van der Waals surface area (Å²) < 4.78 is 1.85. The van der Waals surface area contributed by atoms with E-state index in [0.29, 0.717) is 18.9 Å². The number of nitrogens with two attached hydrogens (primary N) is 1. The number of nitrogens with zero attached hydrogens (tertiary/aromatic N) is 5. The number of aryl methyl sites for hydroxylation is 2. The number of rotatable bonds is 5. The molecule has 0 radical (unpaired) electrons. The van der Waals surface area contributed by atoms with Crippen molar-refractivity contribution < 1.29 is 4.79 Å². The Hall–Kier alpha value is -2.90. The number of hydrogen-bond acceptors (Lipinski definition) is 4. The molecule has 0 spiro atoms. The molecule has 28 heavy (non-hydrogen) atoms. The van der Waals surface area contributed by atoms with Gasteiger partial charge in [0.2, 0.25) is 5.91 Å². The van der Waals surface area contributed by atoms with Crippen LogP contribution in [-0.4, -0.2) is 51.7 Å². The topological polar surface area (TPSA) is 101 Å². The van der Waals surface area contributed by atoms with Gasteiger partial charge in [-0.25, -0.2) is 9.67 Å². The lowest BCUT2D eigenvalue weighted by molar-refractivity contribution is -0.119. The maximum absolute atomic E-state index is 11.2. The van der Waals surface area contributed by atoms with E-state index in [4.69, 9.17) is 5.73 Å². The number of pyridine rings is 1. The third-order valence-electron chi connectivity index (χ3n) is 5.01. The molecule has 150 valence electrons. The minimum absolute atomic E-state index is 0.233. The average molecular weight is 384 g/mol. The van der Waals surface area contributed by atoms with E-state index in [1.54, 1.807) is 7.05 Å². The van der Waals surface area contributed by atoms with Gasteiger partial charge >= 0.3 is 0 Å². The molecular formula is C20H29N7O.